The third-order valence-electron chi connectivity index (χ3n) is 4.67. The predicted molar refractivity (Wildman–Crippen MR) is 115 cm³/mol. The standard InChI is InChI=1S/C22H23N5OS/c1-15(2)22-21(23-14-29-22)18-10-16(3)11-19(12-18)28-9-8-17-6-4-5-7-20(17)27-13-24-25-26-27/h4-7,10-15H,8-9H2,1-3H3. The number of hydrogen-bond donors (Lipinski definition) is 0. The van der Waals surface area contributed by atoms with Gasteiger partial charge in [-0.1, -0.05) is 32.0 Å². The van der Waals surface area contributed by atoms with Gasteiger partial charge in [-0.3, -0.25) is 0 Å². The van der Waals surface area contributed by atoms with E-state index in [1.54, 1.807) is 22.3 Å². The molecule has 29 heavy (non-hydrogen) atoms. The van der Waals surface area contributed by atoms with Gasteiger partial charge < -0.3 is 4.74 Å². The van der Waals surface area contributed by atoms with Gasteiger partial charge in [0.25, 0.3) is 0 Å². The highest BCUT2D eigenvalue weighted by Crippen LogP contribution is 2.33. The maximum atomic E-state index is 6.12. The summed E-state index contributed by atoms with van der Waals surface area (Å²) in [5, 5.41) is 11.4. The van der Waals surface area contributed by atoms with E-state index < -0.39 is 0 Å². The maximum absolute atomic E-state index is 6.12. The fraction of sp³-hybridized carbons (Fsp3) is 0.273. The molecule has 2 aromatic carbocycles. The van der Waals surface area contributed by atoms with Gasteiger partial charge in [0.15, 0.2) is 0 Å². The third kappa shape index (κ3) is 4.35. The summed E-state index contributed by atoms with van der Waals surface area (Å²) in [4.78, 5) is 5.90. The van der Waals surface area contributed by atoms with Crippen molar-refractivity contribution in [1.82, 2.24) is 25.2 Å². The highest BCUT2D eigenvalue weighted by Gasteiger charge is 2.13. The van der Waals surface area contributed by atoms with Crippen LogP contribution in [0.15, 0.2) is 54.3 Å². The maximum Gasteiger partial charge on any atom is 0.143 e. The van der Waals surface area contributed by atoms with Gasteiger partial charge in [-0.25, -0.2) is 9.67 Å². The van der Waals surface area contributed by atoms with Crippen molar-refractivity contribution >= 4 is 11.3 Å². The number of tetrazole rings is 1. The van der Waals surface area contributed by atoms with Crippen molar-refractivity contribution in [3.8, 4) is 22.7 Å². The molecule has 0 bridgehead atoms. The summed E-state index contributed by atoms with van der Waals surface area (Å²) in [6.45, 7) is 7.06. The van der Waals surface area contributed by atoms with E-state index in [0.717, 1.165) is 40.2 Å². The summed E-state index contributed by atoms with van der Waals surface area (Å²) < 4.78 is 7.79. The molecule has 2 aromatic heterocycles. The number of para-hydroxylation sites is 1. The van der Waals surface area contributed by atoms with Crippen molar-refractivity contribution in [2.75, 3.05) is 6.61 Å². The SMILES string of the molecule is Cc1cc(OCCc2ccccc2-n2cnnn2)cc(-c2ncsc2C(C)C)c1. The number of thiazole rings is 1. The van der Waals surface area contributed by atoms with Crippen LogP contribution in [0.3, 0.4) is 0 Å². The van der Waals surface area contributed by atoms with Crippen molar-refractivity contribution in [2.24, 2.45) is 0 Å². The largest absolute Gasteiger partial charge is 0.493 e. The van der Waals surface area contributed by atoms with Crippen LogP contribution < -0.4 is 4.74 Å². The predicted octanol–water partition coefficient (Wildman–Crippen LogP) is 4.84. The molecule has 148 valence electrons. The zero-order valence-electron chi connectivity index (χ0n) is 16.7. The molecule has 4 rings (SSSR count). The van der Waals surface area contributed by atoms with E-state index in [4.69, 9.17) is 4.74 Å². The Morgan fingerprint density at radius 1 is 1.14 bits per heavy atom. The van der Waals surface area contributed by atoms with Gasteiger partial charge in [0.2, 0.25) is 0 Å². The Kier molecular flexibility index (Phi) is 5.67. The Balaban J connectivity index is 1.50. The molecule has 0 saturated carbocycles. The van der Waals surface area contributed by atoms with Gasteiger partial charge >= 0.3 is 0 Å². The minimum Gasteiger partial charge on any atom is -0.493 e. The topological polar surface area (TPSA) is 65.7 Å². The Morgan fingerprint density at radius 3 is 2.79 bits per heavy atom. The minimum absolute atomic E-state index is 0.449. The first-order valence-corrected chi connectivity index (χ1v) is 10.5. The molecule has 0 atom stereocenters. The highest BCUT2D eigenvalue weighted by atomic mass is 32.1. The van der Waals surface area contributed by atoms with Crippen LogP contribution in [0.2, 0.25) is 0 Å². The zero-order valence-corrected chi connectivity index (χ0v) is 17.6. The van der Waals surface area contributed by atoms with E-state index >= 15 is 0 Å². The third-order valence-corrected chi connectivity index (χ3v) is 5.80. The first-order chi connectivity index (χ1) is 14.1. The summed E-state index contributed by atoms with van der Waals surface area (Å²) >= 11 is 1.71. The monoisotopic (exact) mass is 405 g/mol. The van der Waals surface area contributed by atoms with Gasteiger partial charge in [0, 0.05) is 16.9 Å². The van der Waals surface area contributed by atoms with Crippen molar-refractivity contribution in [3.63, 3.8) is 0 Å². The van der Waals surface area contributed by atoms with Crippen molar-refractivity contribution in [1.29, 1.82) is 0 Å². The summed E-state index contributed by atoms with van der Waals surface area (Å²) in [7, 11) is 0. The molecule has 4 aromatic rings. The summed E-state index contributed by atoms with van der Waals surface area (Å²) in [6, 6.07) is 14.4. The first kappa shape index (κ1) is 19.3. The van der Waals surface area contributed by atoms with Gasteiger partial charge in [-0.05, 0) is 58.7 Å². The lowest BCUT2D eigenvalue weighted by Crippen LogP contribution is -2.06. The molecule has 2 heterocycles. The summed E-state index contributed by atoms with van der Waals surface area (Å²) in [5.74, 6) is 1.31. The molecule has 0 aliphatic heterocycles. The fourth-order valence-corrected chi connectivity index (χ4v) is 4.17. The Bertz CT molecular complexity index is 1090. The molecule has 0 N–H and O–H groups in total. The molecule has 0 aliphatic rings. The number of nitrogens with zero attached hydrogens (tertiary/aromatic N) is 5. The number of aromatic nitrogens is 5. The second kappa shape index (κ2) is 8.53. The Morgan fingerprint density at radius 2 is 2.00 bits per heavy atom. The van der Waals surface area contributed by atoms with Crippen LogP contribution >= 0.6 is 11.3 Å². The van der Waals surface area contributed by atoms with E-state index in [1.165, 1.54) is 4.88 Å². The lowest BCUT2D eigenvalue weighted by Gasteiger charge is -2.12. The lowest BCUT2D eigenvalue weighted by atomic mass is 10.0. The smallest absolute Gasteiger partial charge is 0.143 e. The molecular weight excluding hydrogens is 382 g/mol. The second-order valence-corrected chi connectivity index (χ2v) is 8.12. The van der Waals surface area contributed by atoms with Crippen LogP contribution in [0.25, 0.3) is 16.9 Å². The minimum atomic E-state index is 0.449. The number of hydrogen-bond acceptors (Lipinski definition) is 6. The summed E-state index contributed by atoms with van der Waals surface area (Å²) in [6.07, 6.45) is 2.36. The molecule has 0 aliphatic carbocycles. The van der Waals surface area contributed by atoms with E-state index in [-0.39, 0.29) is 0 Å². The molecule has 0 amide bonds. The molecule has 0 saturated heterocycles. The number of rotatable bonds is 7. The van der Waals surface area contributed by atoms with E-state index in [2.05, 4.69) is 65.5 Å². The van der Waals surface area contributed by atoms with Gasteiger partial charge in [0.1, 0.15) is 12.1 Å². The number of ether oxygens (including phenoxy) is 1. The molecule has 0 fully saturated rings. The number of benzene rings is 2. The van der Waals surface area contributed by atoms with E-state index in [0.29, 0.717) is 12.5 Å². The van der Waals surface area contributed by atoms with Gasteiger partial charge in [0.05, 0.1) is 23.5 Å². The number of aryl methyl sites for hydroxylation is 1. The average Bonchev–Trinajstić information content (AvgIpc) is 3.40. The Labute approximate surface area is 174 Å². The van der Waals surface area contributed by atoms with E-state index in [9.17, 15) is 0 Å². The normalized spacial score (nSPS) is 11.2. The molecule has 0 spiro atoms. The Hall–Kier alpha value is -3.06. The van der Waals surface area contributed by atoms with Crippen LogP contribution in [-0.4, -0.2) is 31.8 Å². The van der Waals surface area contributed by atoms with Crippen LogP contribution in [0.4, 0.5) is 0 Å². The molecule has 0 radical (unpaired) electrons. The van der Waals surface area contributed by atoms with Crippen molar-refractivity contribution < 1.29 is 4.74 Å². The first-order valence-electron chi connectivity index (χ1n) is 9.61. The van der Waals surface area contributed by atoms with E-state index in [1.807, 2.05) is 23.7 Å². The summed E-state index contributed by atoms with van der Waals surface area (Å²) in [5.41, 5.74) is 7.35. The molecule has 7 heteroatoms. The average molecular weight is 406 g/mol. The second-order valence-electron chi connectivity index (χ2n) is 7.24. The molecule has 6 nitrogen and oxygen atoms in total. The van der Waals surface area contributed by atoms with Crippen molar-refractivity contribution in [3.05, 3.63) is 70.3 Å². The quantitative estimate of drug-likeness (QED) is 0.440. The van der Waals surface area contributed by atoms with Crippen LogP contribution in [-0.2, 0) is 6.42 Å². The van der Waals surface area contributed by atoms with Crippen LogP contribution in [0.5, 0.6) is 5.75 Å². The van der Waals surface area contributed by atoms with Gasteiger partial charge in [-0.2, -0.15) is 0 Å². The fourth-order valence-electron chi connectivity index (χ4n) is 3.35. The van der Waals surface area contributed by atoms with Gasteiger partial charge in [-0.15, -0.1) is 16.4 Å². The zero-order chi connectivity index (χ0) is 20.2. The van der Waals surface area contributed by atoms with Crippen molar-refractivity contribution in [2.45, 2.75) is 33.1 Å². The highest BCUT2D eigenvalue weighted by molar-refractivity contribution is 7.10. The molecule has 0 unspecified atom stereocenters. The van der Waals surface area contributed by atoms with Crippen LogP contribution in [0, 0.1) is 6.92 Å². The molecular formula is C22H23N5OS. The van der Waals surface area contributed by atoms with Crippen LogP contribution in [0.1, 0.15) is 35.8 Å². The lowest BCUT2D eigenvalue weighted by molar-refractivity contribution is 0.321.